The maximum Gasteiger partial charge on any atom is 0.407 e. The van der Waals surface area contributed by atoms with E-state index in [0.717, 1.165) is 40.0 Å². The monoisotopic (exact) mass is 700 g/mol. The van der Waals surface area contributed by atoms with Gasteiger partial charge in [-0.15, -0.1) is 0 Å². The number of carboxylic acid groups (broad SMARTS) is 1. The van der Waals surface area contributed by atoms with Crippen molar-refractivity contribution in [2.75, 3.05) is 32.9 Å². The molecule has 1 fully saturated rings. The molecule has 1 amide bonds. The minimum Gasteiger partial charge on any atom is -0.493 e. The first kappa shape index (κ1) is 36.4. The van der Waals surface area contributed by atoms with Gasteiger partial charge >= 0.3 is 6.09 Å². The molecule has 11 nitrogen and oxygen atoms in total. The zero-order valence-electron chi connectivity index (χ0n) is 28.1. The molecule has 4 N–H and O–H groups in total. The summed E-state index contributed by atoms with van der Waals surface area (Å²) in [6.45, 7) is 5.71. The summed E-state index contributed by atoms with van der Waals surface area (Å²) in [7, 11) is 0. The van der Waals surface area contributed by atoms with Crippen molar-refractivity contribution in [1.82, 2.24) is 15.2 Å². The number of nitriles is 1. The van der Waals surface area contributed by atoms with Crippen LogP contribution in [0, 0.1) is 31.1 Å². The summed E-state index contributed by atoms with van der Waals surface area (Å²) in [4.78, 5) is 16.8. The molecular weight excluding hydrogens is 660 g/mol. The first-order valence-corrected chi connectivity index (χ1v) is 16.7. The maximum absolute atomic E-state index is 11.3. The lowest BCUT2D eigenvalue weighted by Crippen LogP contribution is -2.35. The van der Waals surface area contributed by atoms with E-state index in [4.69, 9.17) is 25.8 Å². The topological polar surface area (TPSA) is 157 Å². The molecule has 5 rings (SSSR count). The van der Waals surface area contributed by atoms with E-state index in [1.807, 2.05) is 38.1 Å². The standard InChI is InChI=1S/C38H41ClN4O7/c1-24-29(5-3-6-32(24)33-7-4-8-35(25(33)2)48-21-26-9-10-43(18-26)38(46)47)23-50-37-13-36(49-22-28-11-27(14-40)15-41-16-28)30(12-34(37)39)17-42-31(19-44)20-45/h3-8,11-13,15-16,26,31,42,44-45H,9-10,17-23H2,1-2H3,(H,46,47)/t26-/m0/s1. The highest BCUT2D eigenvalue weighted by atomic mass is 35.5. The Morgan fingerprint density at radius 3 is 2.44 bits per heavy atom. The van der Waals surface area contributed by atoms with Crippen LogP contribution in [0.4, 0.5) is 4.79 Å². The minimum absolute atomic E-state index is 0.144. The molecule has 1 aliphatic rings. The van der Waals surface area contributed by atoms with Gasteiger partial charge in [-0.25, -0.2) is 4.79 Å². The molecule has 0 radical (unpaired) electrons. The zero-order valence-corrected chi connectivity index (χ0v) is 28.8. The molecule has 1 saturated heterocycles. The van der Waals surface area contributed by atoms with E-state index in [1.165, 1.54) is 11.1 Å². The molecule has 1 aromatic heterocycles. The molecule has 0 spiro atoms. The van der Waals surface area contributed by atoms with Crippen molar-refractivity contribution in [2.24, 2.45) is 5.92 Å². The molecule has 0 bridgehead atoms. The fraction of sp³-hybridized carbons (Fsp3) is 0.342. The summed E-state index contributed by atoms with van der Waals surface area (Å²) >= 11 is 6.71. The normalized spacial score (nSPS) is 14.1. The highest BCUT2D eigenvalue weighted by Crippen LogP contribution is 2.36. The minimum atomic E-state index is -0.890. The van der Waals surface area contributed by atoms with Crippen LogP contribution in [0.2, 0.25) is 5.02 Å². The van der Waals surface area contributed by atoms with Crippen LogP contribution in [0.15, 0.2) is 67.0 Å². The van der Waals surface area contributed by atoms with Gasteiger partial charge in [-0.1, -0.05) is 41.9 Å². The van der Waals surface area contributed by atoms with Crippen molar-refractivity contribution >= 4 is 17.7 Å². The van der Waals surface area contributed by atoms with Gasteiger partial charge in [-0.2, -0.15) is 5.26 Å². The second-order valence-corrected chi connectivity index (χ2v) is 12.7. The van der Waals surface area contributed by atoms with Gasteiger partial charge in [0.25, 0.3) is 0 Å². The maximum atomic E-state index is 11.3. The van der Waals surface area contributed by atoms with Gasteiger partial charge in [0.15, 0.2) is 0 Å². The van der Waals surface area contributed by atoms with Crippen LogP contribution in [0.3, 0.4) is 0 Å². The summed E-state index contributed by atoms with van der Waals surface area (Å²) in [5.41, 5.74) is 6.90. The third-order valence-corrected chi connectivity index (χ3v) is 9.18. The lowest BCUT2D eigenvalue weighted by atomic mass is 9.93. The molecule has 1 atom stereocenters. The predicted molar refractivity (Wildman–Crippen MR) is 188 cm³/mol. The van der Waals surface area contributed by atoms with Gasteiger partial charge in [-0.3, -0.25) is 4.98 Å². The summed E-state index contributed by atoms with van der Waals surface area (Å²) in [6, 6.07) is 18.7. The van der Waals surface area contributed by atoms with Crippen molar-refractivity contribution in [3.8, 4) is 34.4 Å². The van der Waals surface area contributed by atoms with Gasteiger partial charge in [0.2, 0.25) is 0 Å². The number of aromatic nitrogens is 1. The quantitative estimate of drug-likeness (QED) is 0.118. The van der Waals surface area contributed by atoms with E-state index >= 15 is 0 Å². The number of pyridine rings is 1. The van der Waals surface area contributed by atoms with Gasteiger partial charge in [0.05, 0.1) is 36.4 Å². The number of amides is 1. The lowest BCUT2D eigenvalue weighted by molar-refractivity contribution is 0.151. The molecule has 262 valence electrons. The van der Waals surface area contributed by atoms with Crippen LogP contribution in [-0.2, 0) is 19.8 Å². The number of aliphatic hydroxyl groups is 2. The smallest absolute Gasteiger partial charge is 0.407 e. The average Bonchev–Trinajstić information content (AvgIpc) is 3.61. The average molecular weight is 701 g/mol. The molecule has 0 saturated carbocycles. The Morgan fingerprint density at radius 1 is 0.980 bits per heavy atom. The number of carbonyl (C=O) groups is 1. The molecule has 1 aliphatic heterocycles. The van der Waals surface area contributed by atoms with Gasteiger partial charge in [0, 0.05) is 55.1 Å². The highest BCUT2D eigenvalue weighted by molar-refractivity contribution is 6.32. The summed E-state index contributed by atoms with van der Waals surface area (Å²) < 4.78 is 18.7. The number of likely N-dealkylation sites (tertiary alicyclic amines) is 1. The molecule has 50 heavy (non-hydrogen) atoms. The number of ether oxygens (including phenoxy) is 3. The third kappa shape index (κ3) is 9.02. The summed E-state index contributed by atoms with van der Waals surface area (Å²) in [5.74, 6) is 1.83. The number of hydrogen-bond acceptors (Lipinski definition) is 9. The largest absolute Gasteiger partial charge is 0.493 e. The van der Waals surface area contributed by atoms with Crippen LogP contribution < -0.4 is 19.5 Å². The van der Waals surface area contributed by atoms with Crippen molar-refractivity contribution < 1.29 is 34.3 Å². The van der Waals surface area contributed by atoms with Crippen LogP contribution in [0.1, 0.15) is 39.8 Å². The molecule has 0 unspecified atom stereocenters. The van der Waals surface area contributed by atoms with E-state index in [2.05, 4.69) is 28.5 Å². The van der Waals surface area contributed by atoms with Gasteiger partial charge in [0.1, 0.15) is 36.5 Å². The Morgan fingerprint density at radius 2 is 1.72 bits per heavy atom. The van der Waals surface area contributed by atoms with E-state index < -0.39 is 12.1 Å². The number of benzene rings is 3. The lowest BCUT2D eigenvalue weighted by Gasteiger charge is -2.19. The van der Waals surface area contributed by atoms with E-state index in [0.29, 0.717) is 52.9 Å². The highest BCUT2D eigenvalue weighted by Gasteiger charge is 2.26. The van der Waals surface area contributed by atoms with Crippen LogP contribution in [0.5, 0.6) is 17.2 Å². The molecule has 2 heterocycles. The van der Waals surface area contributed by atoms with Gasteiger partial charge in [-0.05, 0) is 66.3 Å². The first-order chi connectivity index (χ1) is 24.2. The number of nitrogens with zero attached hydrogens (tertiary/aromatic N) is 3. The fourth-order valence-corrected chi connectivity index (χ4v) is 6.13. The molecular formula is C38H41ClN4O7. The van der Waals surface area contributed by atoms with Crippen LogP contribution in [0.25, 0.3) is 11.1 Å². The number of rotatable bonds is 15. The van der Waals surface area contributed by atoms with E-state index in [9.17, 15) is 25.4 Å². The Labute approximate surface area is 296 Å². The van der Waals surface area contributed by atoms with Crippen molar-refractivity contribution in [2.45, 2.75) is 46.1 Å². The molecule has 4 aromatic rings. The van der Waals surface area contributed by atoms with Crippen LogP contribution in [-0.4, -0.2) is 70.2 Å². The fourth-order valence-electron chi connectivity index (χ4n) is 5.89. The number of hydrogen-bond donors (Lipinski definition) is 4. The molecule has 12 heteroatoms. The van der Waals surface area contributed by atoms with Crippen molar-refractivity contribution in [1.29, 1.82) is 5.26 Å². The molecule has 3 aromatic carbocycles. The number of halogens is 1. The van der Waals surface area contributed by atoms with Crippen molar-refractivity contribution in [3.05, 3.63) is 105 Å². The van der Waals surface area contributed by atoms with E-state index in [1.54, 1.807) is 24.4 Å². The Kier molecular flexibility index (Phi) is 12.5. The van der Waals surface area contributed by atoms with E-state index in [-0.39, 0.29) is 38.9 Å². The predicted octanol–water partition coefficient (Wildman–Crippen LogP) is 5.87. The second-order valence-electron chi connectivity index (χ2n) is 12.3. The number of aliphatic hydroxyl groups excluding tert-OH is 2. The number of nitrogens with one attached hydrogen (secondary N) is 1. The Balaban J connectivity index is 1.32. The first-order valence-electron chi connectivity index (χ1n) is 16.4. The molecule has 0 aliphatic carbocycles. The second kappa shape index (κ2) is 17.2. The summed E-state index contributed by atoms with van der Waals surface area (Å²) in [6.07, 6.45) is 3.00. The summed E-state index contributed by atoms with van der Waals surface area (Å²) in [5, 5.41) is 41.0. The SMILES string of the molecule is Cc1c(COc2cc(OCc3cncc(C#N)c3)c(CNC(CO)CO)cc2Cl)cccc1-c1cccc(OC[C@H]2CCN(C(=O)O)C2)c1C. The van der Waals surface area contributed by atoms with Crippen molar-refractivity contribution in [3.63, 3.8) is 0 Å². The zero-order chi connectivity index (χ0) is 35.6. The van der Waals surface area contributed by atoms with Crippen LogP contribution >= 0.6 is 11.6 Å². The Hall–Kier alpha value is -4.86. The van der Waals surface area contributed by atoms with Gasteiger partial charge < -0.3 is 39.7 Å². The Bertz CT molecular complexity index is 1840. The third-order valence-electron chi connectivity index (χ3n) is 8.89.